The lowest BCUT2D eigenvalue weighted by molar-refractivity contribution is -0.302. The molecule has 0 aromatic carbocycles. The fourth-order valence-electron chi connectivity index (χ4n) is 6.22. The van der Waals surface area contributed by atoms with Gasteiger partial charge in [0, 0.05) is 0 Å². The second kappa shape index (κ2) is 30.8. The second-order valence-corrected chi connectivity index (χ2v) is 14.4. The normalized spacial score (nSPS) is 23.2. The zero-order chi connectivity index (χ0) is 37.7. The number of hydrogen-bond acceptors (Lipinski definition) is 9. The first kappa shape index (κ1) is 47.4. The third-order valence-electron chi connectivity index (χ3n) is 9.67. The van der Waals surface area contributed by atoms with Crippen LogP contribution in [0.15, 0.2) is 36.0 Å². The maximum absolute atomic E-state index is 12.9. The highest BCUT2D eigenvalue weighted by molar-refractivity contribution is 5.82. The van der Waals surface area contributed by atoms with E-state index in [1.54, 1.807) is 12.2 Å². The molecule has 10 heteroatoms. The van der Waals surface area contributed by atoms with E-state index in [4.69, 9.17) is 9.47 Å². The fraction of sp³-hybridized carbons (Fsp3) is 0.829. The number of allylic oxidation sites excluding steroid dienone is 4. The Kier molecular flexibility index (Phi) is 28.6. The van der Waals surface area contributed by atoms with Crippen LogP contribution in [-0.4, -0.2) is 98.7 Å². The molecule has 10 nitrogen and oxygen atoms in total. The summed E-state index contributed by atoms with van der Waals surface area (Å²) >= 11 is 0. The van der Waals surface area contributed by atoms with Crippen LogP contribution in [-0.2, 0) is 14.3 Å². The number of carbonyl (C=O) groups excluding carboxylic acids is 1. The second-order valence-electron chi connectivity index (χ2n) is 14.4. The number of nitrogens with one attached hydrogen (secondary N) is 1. The highest BCUT2D eigenvalue weighted by Crippen LogP contribution is 2.22. The third-order valence-corrected chi connectivity index (χ3v) is 9.67. The van der Waals surface area contributed by atoms with Crippen molar-refractivity contribution in [3.63, 3.8) is 0 Å². The van der Waals surface area contributed by atoms with Crippen LogP contribution in [0, 0.1) is 0 Å². The lowest BCUT2D eigenvalue weighted by Crippen LogP contribution is -2.60. The predicted octanol–water partition coefficient (Wildman–Crippen LogP) is 6.30. The van der Waals surface area contributed by atoms with Crippen LogP contribution in [0.3, 0.4) is 0 Å². The Hall–Kier alpha value is -1.63. The van der Waals surface area contributed by atoms with Crippen molar-refractivity contribution in [2.75, 3.05) is 13.2 Å². The van der Waals surface area contributed by atoms with E-state index >= 15 is 0 Å². The van der Waals surface area contributed by atoms with Crippen molar-refractivity contribution in [2.45, 2.75) is 205 Å². The van der Waals surface area contributed by atoms with Crippen molar-refractivity contribution in [3.05, 3.63) is 36.0 Å². The topological polar surface area (TPSA) is 169 Å². The van der Waals surface area contributed by atoms with Gasteiger partial charge < -0.3 is 45.4 Å². The van der Waals surface area contributed by atoms with Crippen molar-refractivity contribution in [1.29, 1.82) is 0 Å². The van der Waals surface area contributed by atoms with Gasteiger partial charge in [-0.25, -0.2) is 0 Å². The van der Waals surface area contributed by atoms with E-state index in [1.165, 1.54) is 108 Å². The molecular weight excluding hydrogens is 650 g/mol. The van der Waals surface area contributed by atoms with Crippen LogP contribution in [0.1, 0.15) is 156 Å². The first-order valence-corrected chi connectivity index (χ1v) is 20.2. The molecule has 0 radical (unpaired) electrons. The zero-order valence-electron chi connectivity index (χ0n) is 32.2. The number of carbonyl (C=O) groups is 1. The van der Waals surface area contributed by atoms with Gasteiger partial charge in [-0.1, -0.05) is 146 Å². The minimum absolute atomic E-state index is 0.341. The van der Waals surface area contributed by atoms with Gasteiger partial charge in [0.25, 0.3) is 5.91 Å². The molecule has 1 saturated heterocycles. The van der Waals surface area contributed by atoms with E-state index in [2.05, 4.69) is 32.2 Å². The highest BCUT2D eigenvalue weighted by Gasteiger charge is 2.44. The number of rotatable bonds is 31. The van der Waals surface area contributed by atoms with Gasteiger partial charge in [0.2, 0.25) is 0 Å². The van der Waals surface area contributed by atoms with Crippen molar-refractivity contribution < 1.29 is 44.9 Å². The van der Waals surface area contributed by atoms with Crippen LogP contribution in [0.2, 0.25) is 0 Å². The smallest absolute Gasteiger partial charge is 0.253 e. The molecule has 1 fully saturated rings. The molecule has 0 bridgehead atoms. The van der Waals surface area contributed by atoms with Gasteiger partial charge in [0.1, 0.15) is 24.4 Å². The minimum atomic E-state index is -1.62. The summed E-state index contributed by atoms with van der Waals surface area (Å²) in [7, 11) is 0. The molecule has 0 unspecified atom stereocenters. The number of aliphatic hydroxyl groups is 6. The van der Waals surface area contributed by atoms with E-state index in [0.29, 0.717) is 6.42 Å². The first-order valence-electron chi connectivity index (χ1n) is 20.2. The number of ether oxygens (including phenoxy) is 2. The summed E-state index contributed by atoms with van der Waals surface area (Å²) in [5.41, 5.74) is 1.34. The van der Waals surface area contributed by atoms with Crippen LogP contribution in [0.4, 0.5) is 0 Å². The monoisotopic (exact) mass is 726 g/mol. The number of unbranched alkanes of at least 4 members (excludes halogenated alkanes) is 17. The van der Waals surface area contributed by atoms with Crippen LogP contribution in [0.5, 0.6) is 0 Å². The largest absolute Gasteiger partial charge is 0.394 e. The maximum atomic E-state index is 12.9. The van der Waals surface area contributed by atoms with E-state index in [0.717, 1.165) is 32.1 Å². The summed E-state index contributed by atoms with van der Waals surface area (Å²) in [6.07, 6.45) is 23.6. The van der Waals surface area contributed by atoms with Crippen molar-refractivity contribution in [1.82, 2.24) is 5.32 Å². The summed E-state index contributed by atoms with van der Waals surface area (Å²) in [5, 5.41) is 64.2. The van der Waals surface area contributed by atoms with Crippen molar-refractivity contribution in [3.8, 4) is 0 Å². The van der Waals surface area contributed by atoms with Gasteiger partial charge in [0.05, 0.1) is 25.4 Å². The molecule has 0 aliphatic carbocycles. The van der Waals surface area contributed by atoms with E-state index in [-0.39, 0.29) is 6.61 Å². The standard InChI is InChI=1S/C41H75NO9/c1-4-6-8-10-11-12-13-14-15-16-17-18-19-20-24-29-35(45)40(49)42-33(31-50-41-39(48)38(47)37(46)36(30-43)51-41)34(44)28-25-21-23-27-32(3)26-22-9-7-5-2/h24-25,27-29,33-39,41,43-48H,4-23,26,30-31H2,1-3H3,(H,42,49)/b28-25+,29-24+,32-27+/t33-,34+,35+,36+,37+,38-,39+,41+/m0/s1. The molecule has 8 atom stereocenters. The van der Waals surface area contributed by atoms with Crippen molar-refractivity contribution >= 4 is 5.91 Å². The number of amides is 1. The van der Waals surface area contributed by atoms with Gasteiger partial charge in [-0.15, -0.1) is 0 Å². The molecule has 0 aromatic heterocycles. The number of hydrogen-bond donors (Lipinski definition) is 7. The SMILES string of the molecule is CCCCCCCCCCCCCCC/C=C/[C@@H](O)C(=O)N[C@@H](CO[C@@H]1O[C@H](CO)[C@@H](O)[C@H](O)[C@H]1O)[C@H](O)/C=C/CC/C=C(\C)CCCCCC. The molecule has 1 amide bonds. The Labute approximate surface area is 309 Å². The average molecular weight is 726 g/mol. The Balaban J connectivity index is 2.58. The van der Waals surface area contributed by atoms with Crippen molar-refractivity contribution in [2.24, 2.45) is 0 Å². The van der Waals surface area contributed by atoms with E-state index in [9.17, 15) is 35.4 Å². The van der Waals surface area contributed by atoms with E-state index < -0.39 is 61.5 Å². The first-order chi connectivity index (χ1) is 24.7. The van der Waals surface area contributed by atoms with Gasteiger partial charge in [0.15, 0.2) is 12.4 Å². The summed E-state index contributed by atoms with van der Waals surface area (Å²) in [4.78, 5) is 12.9. The van der Waals surface area contributed by atoms with Crippen LogP contribution >= 0.6 is 0 Å². The fourth-order valence-corrected chi connectivity index (χ4v) is 6.22. The van der Waals surface area contributed by atoms with Gasteiger partial charge in [-0.2, -0.15) is 0 Å². The van der Waals surface area contributed by atoms with Crippen LogP contribution < -0.4 is 5.32 Å². The quantitative estimate of drug-likeness (QED) is 0.0320. The molecule has 1 aliphatic heterocycles. The summed E-state index contributed by atoms with van der Waals surface area (Å²) < 4.78 is 11.1. The highest BCUT2D eigenvalue weighted by atomic mass is 16.7. The minimum Gasteiger partial charge on any atom is -0.394 e. The maximum Gasteiger partial charge on any atom is 0.253 e. The molecule has 7 N–H and O–H groups in total. The summed E-state index contributed by atoms with van der Waals surface area (Å²) in [5.74, 6) is -0.715. The summed E-state index contributed by atoms with van der Waals surface area (Å²) in [6.45, 7) is 5.62. The Morgan fingerprint density at radius 3 is 1.86 bits per heavy atom. The molecule has 1 heterocycles. The third kappa shape index (κ3) is 22.2. The molecule has 0 aromatic rings. The van der Waals surface area contributed by atoms with Crippen LogP contribution in [0.25, 0.3) is 0 Å². The molecule has 0 spiro atoms. The molecule has 1 rings (SSSR count). The zero-order valence-corrected chi connectivity index (χ0v) is 32.2. The molecular formula is C41H75NO9. The summed E-state index contributed by atoms with van der Waals surface area (Å²) in [6, 6.07) is -1.03. The lowest BCUT2D eigenvalue weighted by Gasteiger charge is -2.40. The van der Waals surface area contributed by atoms with Gasteiger partial charge in [-0.3, -0.25) is 4.79 Å². The number of aliphatic hydroxyl groups excluding tert-OH is 6. The van der Waals surface area contributed by atoms with Gasteiger partial charge >= 0.3 is 0 Å². The molecule has 51 heavy (non-hydrogen) atoms. The lowest BCUT2D eigenvalue weighted by atomic mass is 9.99. The Bertz CT molecular complexity index is 940. The molecule has 0 saturated carbocycles. The Morgan fingerprint density at radius 2 is 1.27 bits per heavy atom. The van der Waals surface area contributed by atoms with Gasteiger partial charge in [-0.05, 0) is 45.4 Å². The predicted molar refractivity (Wildman–Crippen MR) is 204 cm³/mol. The van der Waals surface area contributed by atoms with E-state index in [1.807, 2.05) is 6.08 Å². The molecule has 1 aliphatic rings. The Morgan fingerprint density at radius 1 is 0.725 bits per heavy atom. The molecule has 298 valence electrons. The average Bonchev–Trinajstić information content (AvgIpc) is 3.12.